The fraction of sp³-hybridized carbons (Fsp3) is 0.286. The van der Waals surface area contributed by atoms with Gasteiger partial charge in [0.25, 0.3) is 0 Å². The maximum atomic E-state index is 10.8. The minimum Gasteiger partial charge on any atom is -0.385 e. The third kappa shape index (κ3) is 5.21. The Hall–Kier alpha value is -2.04. The normalized spacial score (nSPS) is 13.5. The monoisotopic (exact) mass is 352 g/mol. The highest BCUT2D eigenvalue weighted by molar-refractivity contribution is 7.99. The number of nitrogens with zero attached hydrogens (tertiary/aromatic N) is 2. The van der Waals surface area contributed by atoms with Crippen LogP contribution in [0.2, 0.25) is 0 Å². The third-order valence-corrected chi connectivity index (χ3v) is 5.36. The fourth-order valence-corrected chi connectivity index (χ4v) is 3.67. The van der Waals surface area contributed by atoms with Gasteiger partial charge in [0, 0.05) is 28.7 Å². The van der Waals surface area contributed by atoms with E-state index in [1.54, 1.807) is 18.0 Å². The van der Waals surface area contributed by atoms with E-state index in [0.717, 1.165) is 31.4 Å². The number of hydrogen-bond donors (Lipinski definition) is 1. The third-order valence-electron chi connectivity index (χ3n) is 4.34. The van der Waals surface area contributed by atoms with E-state index in [2.05, 4.69) is 33.8 Å². The molecule has 0 aliphatic heterocycles. The van der Waals surface area contributed by atoms with Crippen LogP contribution < -0.4 is 0 Å². The van der Waals surface area contributed by atoms with E-state index in [1.165, 1.54) is 9.79 Å². The van der Waals surface area contributed by atoms with E-state index in [9.17, 15) is 5.11 Å². The van der Waals surface area contributed by atoms with Gasteiger partial charge in [-0.05, 0) is 56.0 Å². The van der Waals surface area contributed by atoms with Gasteiger partial charge in [-0.2, -0.15) is 0 Å². The topological polar surface area (TPSA) is 38.0 Å². The SMILES string of the molecule is CC(O)(CCCCn1ccnc1)c1ccc(Sc2ccccc2)cc1. The van der Waals surface area contributed by atoms with Crippen LogP contribution in [0.25, 0.3) is 0 Å². The molecule has 4 heteroatoms. The average molecular weight is 353 g/mol. The Morgan fingerprint density at radius 2 is 1.72 bits per heavy atom. The van der Waals surface area contributed by atoms with Gasteiger partial charge in [0.2, 0.25) is 0 Å². The Labute approximate surface area is 153 Å². The van der Waals surface area contributed by atoms with Crippen molar-refractivity contribution in [1.82, 2.24) is 9.55 Å². The molecule has 0 bridgehead atoms. The van der Waals surface area contributed by atoms with Gasteiger partial charge in [0.15, 0.2) is 0 Å². The largest absolute Gasteiger partial charge is 0.385 e. The zero-order valence-electron chi connectivity index (χ0n) is 14.5. The van der Waals surface area contributed by atoms with Crippen molar-refractivity contribution in [1.29, 1.82) is 0 Å². The van der Waals surface area contributed by atoms with Crippen molar-refractivity contribution in [2.24, 2.45) is 0 Å². The highest BCUT2D eigenvalue weighted by atomic mass is 32.2. The molecular formula is C21H24N2OS. The first-order valence-electron chi connectivity index (χ1n) is 8.65. The Morgan fingerprint density at radius 3 is 2.40 bits per heavy atom. The van der Waals surface area contributed by atoms with E-state index in [1.807, 2.05) is 49.8 Å². The molecule has 1 heterocycles. The molecule has 0 aliphatic carbocycles. The van der Waals surface area contributed by atoms with Crippen molar-refractivity contribution in [3.63, 3.8) is 0 Å². The van der Waals surface area contributed by atoms with E-state index in [0.29, 0.717) is 0 Å². The van der Waals surface area contributed by atoms with Crippen LogP contribution >= 0.6 is 11.8 Å². The molecule has 0 aliphatic rings. The lowest BCUT2D eigenvalue weighted by molar-refractivity contribution is 0.0446. The van der Waals surface area contributed by atoms with Gasteiger partial charge >= 0.3 is 0 Å². The van der Waals surface area contributed by atoms with Crippen molar-refractivity contribution in [2.45, 2.75) is 48.1 Å². The lowest BCUT2D eigenvalue weighted by atomic mass is 9.90. The predicted molar refractivity (Wildman–Crippen MR) is 103 cm³/mol. The average Bonchev–Trinajstić information content (AvgIpc) is 3.14. The number of aliphatic hydroxyl groups is 1. The zero-order valence-corrected chi connectivity index (χ0v) is 15.3. The summed E-state index contributed by atoms with van der Waals surface area (Å²) in [7, 11) is 0. The first kappa shape index (κ1) is 17.8. The maximum Gasteiger partial charge on any atom is 0.0945 e. The second-order valence-electron chi connectivity index (χ2n) is 6.47. The van der Waals surface area contributed by atoms with Crippen molar-refractivity contribution >= 4 is 11.8 Å². The molecule has 1 unspecified atom stereocenters. The summed E-state index contributed by atoms with van der Waals surface area (Å²) in [6.45, 7) is 2.85. The molecule has 2 aromatic carbocycles. The summed E-state index contributed by atoms with van der Waals surface area (Å²) in [5.41, 5.74) is 0.192. The molecule has 0 spiro atoms. The summed E-state index contributed by atoms with van der Waals surface area (Å²) in [6.07, 6.45) is 8.38. The Morgan fingerprint density at radius 1 is 1.00 bits per heavy atom. The van der Waals surface area contributed by atoms with Gasteiger partial charge in [0.1, 0.15) is 0 Å². The minimum absolute atomic E-state index is 0.757. The molecule has 0 amide bonds. The predicted octanol–water partition coefficient (Wildman–Crippen LogP) is 5.11. The van der Waals surface area contributed by atoms with Crippen LogP contribution in [0, 0.1) is 0 Å². The molecule has 1 aromatic heterocycles. The number of aromatic nitrogens is 2. The number of aryl methyl sites for hydroxylation is 1. The molecule has 3 nitrogen and oxygen atoms in total. The van der Waals surface area contributed by atoms with Crippen LogP contribution in [0.5, 0.6) is 0 Å². The summed E-state index contributed by atoms with van der Waals surface area (Å²) < 4.78 is 2.07. The number of imidazole rings is 1. The van der Waals surface area contributed by atoms with Crippen LogP contribution in [0.15, 0.2) is 83.1 Å². The molecule has 3 rings (SSSR count). The highest BCUT2D eigenvalue weighted by Crippen LogP contribution is 2.31. The standard InChI is InChI=1S/C21H24N2OS/c1-21(24,13-5-6-15-23-16-14-22-17-23)18-9-11-20(12-10-18)25-19-7-3-2-4-8-19/h2-4,7-12,14,16-17,24H,5-6,13,15H2,1H3. The molecule has 3 aromatic rings. The minimum atomic E-state index is -0.787. The van der Waals surface area contributed by atoms with Crippen molar-refractivity contribution in [3.05, 3.63) is 78.9 Å². The van der Waals surface area contributed by atoms with Crippen molar-refractivity contribution in [2.75, 3.05) is 0 Å². The van der Waals surface area contributed by atoms with Crippen LogP contribution in [0.1, 0.15) is 31.7 Å². The first-order valence-corrected chi connectivity index (χ1v) is 9.47. The van der Waals surface area contributed by atoms with E-state index < -0.39 is 5.60 Å². The lowest BCUT2D eigenvalue weighted by Crippen LogP contribution is -2.21. The van der Waals surface area contributed by atoms with Gasteiger partial charge in [-0.1, -0.05) is 42.1 Å². The van der Waals surface area contributed by atoms with Gasteiger partial charge in [-0.25, -0.2) is 4.98 Å². The van der Waals surface area contributed by atoms with E-state index in [4.69, 9.17) is 0 Å². The van der Waals surface area contributed by atoms with E-state index in [-0.39, 0.29) is 0 Å². The maximum absolute atomic E-state index is 10.8. The lowest BCUT2D eigenvalue weighted by Gasteiger charge is -2.24. The number of hydrogen-bond acceptors (Lipinski definition) is 3. The summed E-state index contributed by atoms with van der Waals surface area (Å²) in [5.74, 6) is 0. The quantitative estimate of drug-likeness (QED) is 0.572. The van der Waals surface area contributed by atoms with Crippen LogP contribution in [-0.2, 0) is 12.1 Å². The smallest absolute Gasteiger partial charge is 0.0945 e. The summed E-state index contributed by atoms with van der Waals surface area (Å²) in [4.78, 5) is 6.46. The Kier molecular flexibility index (Phi) is 5.95. The Balaban J connectivity index is 1.52. The molecule has 1 atom stereocenters. The summed E-state index contributed by atoms with van der Waals surface area (Å²) in [6, 6.07) is 18.6. The van der Waals surface area contributed by atoms with Gasteiger partial charge < -0.3 is 9.67 Å². The molecule has 25 heavy (non-hydrogen) atoms. The molecular weight excluding hydrogens is 328 g/mol. The van der Waals surface area contributed by atoms with Crippen LogP contribution in [0.3, 0.4) is 0 Å². The molecule has 1 N–H and O–H groups in total. The van der Waals surface area contributed by atoms with Crippen molar-refractivity contribution < 1.29 is 5.11 Å². The molecule has 0 saturated heterocycles. The zero-order chi connectivity index (χ0) is 17.5. The first-order chi connectivity index (χ1) is 12.1. The number of unbranched alkanes of at least 4 members (excludes halogenated alkanes) is 1. The fourth-order valence-electron chi connectivity index (χ4n) is 2.83. The number of rotatable bonds is 8. The van der Waals surface area contributed by atoms with Crippen molar-refractivity contribution in [3.8, 4) is 0 Å². The summed E-state index contributed by atoms with van der Waals surface area (Å²) >= 11 is 1.74. The molecule has 0 fully saturated rings. The number of benzene rings is 2. The Bertz CT molecular complexity index is 752. The van der Waals surface area contributed by atoms with Gasteiger partial charge in [-0.15, -0.1) is 0 Å². The molecule has 0 saturated carbocycles. The second kappa shape index (κ2) is 8.37. The molecule has 130 valence electrons. The highest BCUT2D eigenvalue weighted by Gasteiger charge is 2.22. The molecule has 0 radical (unpaired) electrons. The van der Waals surface area contributed by atoms with Crippen LogP contribution in [0.4, 0.5) is 0 Å². The van der Waals surface area contributed by atoms with Gasteiger partial charge in [0.05, 0.1) is 11.9 Å². The van der Waals surface area contributed by atoms with Crippen LogP contribution in [-0.4, -0.2) is 14.7 Å². The summed E-state index contributed by atoms with van der Waals surface area (Å²) in [5, 5.41) is 10.8. The van der Waals surface area contributed by atoms with E-state index >= 15 is 0 Å². The second-order valence-corrected chi connectivity index (χ2v) is 7.62. The van der Waals surface area contributed by atoms with Gasteiger partial charge in [-0.3, -0.25) is 0 Å².